The van der Waals surface area contributed by atoms with Crippen LogP contribution in [0, 0.1) is 0 Å². The molecule has 1 heterocycles. The van der Waals surface area contributed by atoms with E-state index in [-0.39, 0.29) is 10.6 Å². The van der Waals surface area contributed by atoms with Crippen LogP contribution in [0.15, 0.2) is 0 Å². The van der Waals surface area contributed by atoms with Crippen molar-refractivity contribution in [1.82, 2.24) is 0 Å². The highest BCUT2D eigenvalue weighted by Crippen LogP contribution is 2.38. The summed E-state index contributed by atoms with van der Waals surface area (Å²) in [7, 11) is -1.64. The summed E-state index contributed by atoms with van der Waals surface area (Å²) in [5.41, 5.74) is 0.0164. The van der Waals surface area contributed by atoms with Crippen molar-refractivity contribution in [3.63, 3.8) is 0 Å². The molecule has 3 heteroatoms. The van der Waals surface area contributed by atoms with Crippen molar-refractivity contribution in [3.05, 3.63) is 0 Å². The molecule has 0 bridgehead atoms. The van der Waals surface area contributed by atoms with E-state index < -0.39 is 8.32 Å². The normalized spacial score (nSPS) is 26.3. The van der Waals surface area contributed by atoms with Crippen LogP contribution >= 0.6 is 0 Å². The molecule has 0 aromatic carbocycles. The smallest absolute Gasteiger partial charge is 0.192 e. The Labute approximate surface area is 115 Å². The van der Waals surface area contributed by atoms with Gasteiger partial charge >= 0.3 is 0 Å². The minimum absolute atomic E-state index is 0.0164. The maximum Gasteiger partial charge on any atom is 0.192 e. The Balaban J connectivity index is 2.62. The lowest BCUT2D eigenvalue weighted by Crippen LogP contribution is -2.48. The molecule has 1 fully saturated rings. The Morgan fingerprint density at radius 1 is 1.22 bits per heavy atom. The Hall–Kier alpha value is 0.137. The summed E-state index contributed by atoms with van der Waals surface area (Å²) in [6.07, 6.45) is 6.00. The number of hydrogen-bond donors (Lipinski definition) is 0. The zero-order valence-corrected chi connectivity index (χ0v) is 14.3. The Kier molecular flexibility index (Phi) is 5.45. The third-order valence-corrected chi connectivity index (χ3v) is 9.12. The van der Waals surface area contributed by atoms with Crippen LogP contribution < -0.4 is 0 Å². The van der Waals surface area contributed by atoms with E-state index >= 15 is 0 Å². The molecule has 1 atom stereocenters. The first-order valence-electron chi connectivity index (χ1n) is 7.50. The molecule has 108 valence electrons. The van der Waals surface area contributed by atoms with Gasteiger partial charge in [0, 0.05) is 6.61 Å². The van der Waals surface area contributed by atoms with Crippen LogP contribution in [0.5, 0.6) is 0 Å². The van der Waals surface area contributed by atoms with Crippen LogP contribution in [0.4, 0.5) is 0 Å². The zero-order valence-electron chi connectivity index (χ0n) is 13.3. The van der Waals surface area contributed by atoms with Crippen LogP contribution in [0.25, 0.3) is 0 Å². The third-order valence-electron chi connectivity index (χ3n) is 4.64. The Morgan fingerprint density at radius 3 is 2.33 bits per heavy atom. The van der Waals surface area contributed by atoms with Crippen LogP contribution in [0.2, 0.25) is 18.1 Å². The minimum atomic E-state index is -1.64. The van der Waals surface area contributed by atoms with Crippen LogP contribution in [-0.4, -0.2) is 27.1 Å². The molecule has 0 amide bonds. The van der Waals surface area contributed by atoms with E-state index in [0.29, 0.717) is 0 Å². The van der Waals surface area contributed by atoms with Gasteiger partial charge < -0.3 is 9.16 Å². The molecule has 1 rings (SSSR count). The fourth-order valence-electron chi connectivity index (χ4n) is 2.28. The molecule has 1 unspecified atom stereocenters. The van der Waals surface area contributed by atoms with Crippen molar-refractivity contribution in [2.45, 2.75) is 83.5 Å². The Bertz CT molecular complexity index is 244. The van der Waals surface area contributed by atoms with Crippen molar-refractivity contribution in [1.29, 1.82) is 0 Å². The van der Waals surface area contributed by atoms with E-state index in [4.69, 9.17) is 9.16 Å². The molecule has 0 aromatic rings. The second-order valence-electron chi connectivity index (χ2n) is 7.29. The van der Waals surface area contributed by atoms with E-state index in [2.05, 4.69) is 40.8 Å². The summed E-state index contributed by atoms with van der Waals surface area (Å²) in [6.45, 7) is 15.5. The molecule has 1 saturated heterocycles. The first kappa shape index (κ1) is 16.2. The quantitative estimate of drug-likeness (QED) is 0.673. The van der Waals surface area contributed by atoms with Crippen molar-refractivity contribution in [2.24, 2.45) is 0 Å². The molecule has 0 aliphatic carbocycles. The average Bonchev–Trinajstić information content (AvgIpc) is 2.27. The number of ether oxygens (including phenoxy) is 1. The predicted molar refractivity (Wildman–Crippen MR) is 80.6 cm³/mol. The summed E-state index contributed by atoms with van der Waals surface area (Å²) in [4.78, 5) is 0. The van der Waals surface area contributed by atoms with E-state index in [9.17, 15) is 0 Å². The summed E-state index contributed by atoms with van der Waals surface area (Å²) in [5.74, 6) is 0. The maximum atomic E-state index is 6.40. The lowest BCUT2D eigenvalue weighted by atomic mass is 9.90. The second-order valence-corrected chi connectivity index (χ2v) is 12.1. The molecule has 0 aromatic heterocycles. The molecule has 0 N–H and O–H groups in total. The summed E-state index contributed by atoms with van der Waals surface area (Å²) >= 11 is 0. The zero-order chi connectivity index (χ0) is 13.9. The van der Waals surface area contributed by atoms with Gasteiger partial charge in [0.25, 0.3) is 0 Å². The van der Waals surface area contributed by atoms with E-state index in [1.807, 2.05) is 0 Å². The van der Waals surface area contributed by atoms with Gasteiger partial charge in [-0.25, -0.2) is 0 Å². The molecule has 0 radical (unpaired) electrons. The van der Waals surface area contributed by atoms with Crippen molar-refractivity contribution >= 4 is 8.32 Å². The second kappa shape index (κ2) is 6.06. The maximum absolute atomic E-state index is 6.40. The van der Waals surface area contributed by atoms with Crippen molar-refractivity contribution < 1.29 is 9.16 Å². The lowest BCUT2D eigenvalue weighted by Gasteiger charge is -2.42. The first-order chi connectivity index (χ1) is 8.22. The highest BCUT2D eigenvalue weighted by Gasteiger charge is 2.41. The van der Waals surface area contributed by atoms with Crippen molar-refractivity contribution in [3.8, 4) is 0 Å². The largest absolute Gasteiger partial charge is 0.414 e. The van der Waals surface area contributed by atoms with Gasteiger partial charge in [-0.15, -0.1) is 0 Å². The first-order valence-corrected chi connectivity index (χ1v) is 10.4. The topological polar surface area (TPSA) is 18.5 Å². The van der Waals surface area contributed by atoms with E-state index in [1.165, 1.54) is 25.7 Å². The van der Waals surface area contributed by atoms with E-state index in [1.54, 1.807) is 0 Å². The highest BCUT2D eigenvalue weighted by atomic mass is 28.4. The molecule has 1 aliphatic rings. The number of rotatable bonds is 5. The van der Waals surface area contributed by atoms with Gasteiger partial charge in [-0.3, -0.25) is 0 Å². The summed E-state index contributed by atoms with van der Waals surface area (Å²) in [6, 6.07) is 0. The van der Waals surface area contributed by atoms with Crippen LogP contribution in [-0.2, 0) is 9.16 Å². The predicted octanol–water partition coefficient (Wildman–Crippen LogP) is 4.75. The van der Waals surface area contributed by atoms with E-state index in [0.717, 1.165) is 19.6 Å². The molecule has 0 spiro atoms. The third kappa shape index (κ3) is 4.07. The van der Waals surface area contributed by atoms with Gasteiger partial charge in [-0.2, -0.15) is 0 Å². The fraction of sp³-hybridized carbons (Fsp3) is 1.00. The van der Waals surface area contributed by atoms with Gasteiger partial charge in [-0.1, -0.05) is 34.1 Å². The summed E-state index contributed by atoms with van der Waals surface area (Å²) in [5, 5.41) is 0.287. The molecular weight excluding hydrogens is 240 g/mol. The summed E-state index contributed by atoms with van der Waals surface area (Å²) < 4.78 is 12.5. The van der Waals surface area contributed by atoms with Gasteiger partial charge in [0.2, 0.25) is 0 Å². The molecule has 0 saturated carbocycles. The standard InChI is InChI=1S/C15H32O2Si/c1-7-10-15(11-8-9-12-16-15)13-17-18(5,6)14(2,3)4/h7-13H2,1-6H3. The molecule has 2 nitrogen and oxygen atoms in total. The molecule has 18 heavy (non-hydrogen) atoms. The highest BCUT2D eigenvalue weighted by molar-refractivity contribution is 6.74. The van der Waals surface area contributed by atoms with Crippen LogP contribution in [0.3, 0.4) is 0 Å². The minimum Gasteiger partial charge on any atom is -0.414 e. The van der Waals surface area contributed by atoms with Gasteiger partial charge in [0.1, 0.15) is 0 Å². The molecular formula is C15H32O2Si. The fourth-order valence-corrected chi connectivity index (χ4v) is 3.33. The van der Waals surface area contributed by atoms with Crippen molar-refractivity contribution in [2.75, 3.05) is 13.2 Å². The van der Waals surface area contributed by atoms with Gasteiger partial charge in [-0.05, 0) is 43.8 Å². The average molecular weight is 273 g/mol. The lowest BCUT2D eigenvalue weighted by molar-refractivity contribution is -0.109. The van der Waals surface area contributed by atoms with Gasteiger partial charge in [0.15, 0.2) is 8.32 Å². The Morgan fingerprint density at radius 2 is 1.89 bits per heavy atom. The molecule has 1 aliphatic heterocycles. The number of hydrogen-bond acceptors (Lipinski definition) is 2. The monoisotopic (exact) mass is 272 g/mol. The van der Waals surface area contributed by atoms with Gasteiger partial charge in [0.05, 0.1) is 12.2 Å². The SMILES string of the molecule is CCCC1(CO[Si](C)(C)C(C)(C)C)CCCCO1. The van der Waals surface area contributed by atoms with Crippen LogP contribution in [0.1, 0.15) is 59.8 Å².